The summed E-state index contributed by atoms with van der Waals surface area (Å²) >= 11 is 0. The zero-order valence-corrected chi connectivity index (χ0v) is 14.9. The maximum Gasteiger partial charge on any atom is 0.253 e. The monoisotopic (exact) mass is 346 g/mol. The van der Waals surface area contributed by atoms with E-state index in [9.17, 15) is 4.79 Å². The molecule has 26 heavy (non-hydrogen) atoms. The molecule has 2 aromatic carbocycles. The van der Waals surface area contributed by atoms with Crippen molar-refractivity contribution in [3.63, 3.8) is 0 Å². The van der Waals surface area contributed by atoms with E-state index in [1.54, 1.807) is 0 Å². The molecule has 0 saturated carbocycles. The van der Waals surface area contributed by atoms with E-state index >= 15 is 0 Å². The highest BCUT2D eigenvalue weighted by Gasteiger charge is 2.22. The largest absolute Gasteiger partial charge is 0.368 e. The number of piperazine rings is 1. The van der Waals surface area contributed by atoms with Crippen LogP contribution < -0.4 is 4.90 Å². The number of aromatic nitrogens is 2. The van der Waals surface area contributed by atoms with E-state index in [1.807, 2.05) is 59.4 Å². The number of hydrogen-bond acceptors (Lipinski definition) is 3. The highest BCUT2D eigenvalue weighted by molar-refractivity contribution is 5.94. The summed E-state index contributed by atoms with van der Waals surface area (Å²) in [6, 6.07) is 18.0. The van der Waals surface area contributed by atoms with Gasteiger partial charge in [-0.2, -0.15) is 5.10 Å². The molecule has 1 aliphatic heterocycles. The second-order valence-electron chi connectivity index (χ2n) is 6.60. The number of nitrogens with zero attached hydrogens (tertiary/aromatic N) is 4. The van der Waals surface area contributed by atoms with Gasteiger partial charge in [0, 0.05) is 56.2 Å². The van der Waals surface area contributed by atoms with Gasteiger partial charge >= 0.3 is 0 Å². The van der Waals surface area contributed by atoms with Crippen LogP contribution in [0.15, 0.2) is 67.0 Å². The molecule has 1 fully saturated rings. The number of carbonyl (C=O) groups is 1. The van der Waals surface area contributed by atoms with Gasteiger partial charge in [-0.3, -0.25) is 9.48 Å². The van der Waals surface area contributed by atoms with Gasteiger partial charge in [-0.1, -0.05) is 30.3 Å². The van der Waals surface area contributed by atoms with Crippen LogP contribution >= 0.6 is 0 Å². The molecular weight excluding hydrogens is 324 g/mol. The van der Waals surface area contributed by atoms with Crippen LogP contribution in [-0.2, 0) is 7.05 Å². The molecule has 5 heteroatoms. The summed E-state index contributed by atoms with van der Waals surface area (Å²) in [5.74, 6) is 0.120. The third-order valence-corrected chi connectivity index (χ3v) is 4.84. The molecule has 132 valence electrons. The van der Waals surface area contributed by atoms with Crippen LogP contribution in [0.5, 0.6) is 0 Å². The molecule has 0 radical (unpaired) electrons. The van der Waals surface area contributed by atoms with Gasteiger partial charge in [-0.25, -0.2) is 0 Å². The normalized spacial score (nSPS) is 14.5. The fourth-order valence-corrected chi connectivity index (χ4v) is 3.38. The minimum Gasteiger partial charge on any atom is -0.368 e. The molecular formula is C21H22N4O. The van der Waals surface area contributed by atoms with Gasteiger partial charge in [0.2, 0.25) is 0 Å². The smallest absolute Gasteiger partial charge is 0.253 e. The molecule has 3 aromatic rings. The van der Waals surface area contributed by atoms with E-state index in [2.05, 4.69) is 34.3 Å². The summed E-state index contributed by atoms with van der Waals surface area (Å²) in [4.78, 5) is 16.9. The van der Waals surface area contributed by atoms with Crippen LogP contribution in [0.3, 0.4) is 0 Å². The molecule has 1 aromatic heterocycles. The van der Waals surface area contributed by atoms with E-state index in [0.717, 1.165) is 37.3 Å². The number of benzene rings is 2. The van der Waals surface area contributed by atoms with Gasteiger partial charge in [-0.15, -0.1) is 0 Å². The molecule has 5 nitrogen and oxygen atoms in total. The Kier molecular flexibility index (Phi) is 4.44. The number of rotatable bonds is 3. The molecule has 1 amide bonds. The predicted molar refractivity (Wildman–Crippen MR) is 103 cm³/mol. The van der Waals surface area contributed by atoms with Crippen LogP contribution in [0.4, 0.5) is 5.69 Å². The van der Waals surface area contributed by atoms with Gasteiger partial charge in [0.15, 0.2) is 0 Å². The Balaban J connectivity index is 1.44. The molecule has 0 bridgehead atoms. The number of hydrogen-bond donors (Lipinski definition) is 0. The molecule has 1 aliphatic rings. The highest BCUT2D eigenvalue weighted by atomic mass is 16.2. The summed E-state index contributed by atoms with van der Waals surface area (Å²) in [6.07, 6.45) is 3.91. The first-order valence-corrected chi connectivity index (χ1v) is 8.89. The number of anilines is 1. The Morgan fingerprint density at radius 1 is 0.923 bits per heavy atom. The van der Waals surface area contributed by atoms with Crippen molar-refractivity contribution >= 4 is 11.6 Å². The lowest BCUT2D eigenvalue weighted by Gasteiger charge is -2.36. The van der Waals surface area contributed by atoms with Crippen LogP contribution in [0, 0.1) is 0 Å². The zero-order valence-electron chi connectivity index (χ0n) is 14.9. The summed E-state index contributed by atoms with van der Waals surface area (Å²) < 4.78 is 1.82. The molecule has 0 unspecified atom stereocenters. The van der Waals surface area contributed by atoms with E-state index in [0.29, 0.717) is 0 Å². The van der Waals surface area contributed by atoms with Crippen LogP contribution in [0.1, 0.15) is 10.4 Å². The van der Waals surface area contributed by atoms with E-state index < -0.39 is 0 Å². The highest BCUT2D eigenvalue weighted by Crippen LogP contribution is 2.25. The third-order valence-electron chi connectivity index (χ3n) is 4.84. The van der Waals surface area contributed by atoms with Crippen molar-refractivity contribution in [1.29, 1.82) is 0 Å². The Morgan fingerprint density at radius 2 is 1.69 bits per heavy atom. The maximum absolute atomic E-state index is 12.6. The molecule has 2 heterocycles. The third kappa shape index (κ3) is 3.33. The summed E-state index contributed by atoms with van der Waals surface area (Å²) in [6.45, 7) is 3.17. The van der Waals surface area contributed by atoms with Crippen molar-refractivity contribution in [2.75, 3.05) is 31.1 Å². The van der Waals surface area contributed by atoms with Crippen LogP contribution in [0.2, 0.25) is 0 Å². The van der Waals surface area contributed by atoms with Gasteiger partial charge < -0.3 is 9.80 Å². The fourth-order valence-electron chi connectivity index (χ4n) is 3.38. The van der Waals surface area contributed by atoms with Crippen molar-refractivity contribution < 1.29 is 4.79 Å². The summed E-state index contributed by atoms with van der Waals surface area (Å²) in [5.41, 5.74) is 4.24. The minimum absolute atomic E-state index is 0.120. The molecule has 1 saturated heterocycles. The number of carbonyl (C=O) groups excluding carboxylic acids is 1. The summed E-state index contributed by atoms with van der Waals surface area (Å²) in [5, 5.41) is 4.25. The second kappa shape index (κ2) is 7.04. The fraction of sp³-hybridized carbons (Fsp3) is 0.238. The predicted octanol–water partition coefficient (Wildman–Crippen LogP) is 3.05. The maximum atomic E-state index is 12.6. The van der Waals surface area contributed by atoms with Gasteiger partial charge in [0.05, 0.1) is 6.20 Å². The van der Waals surface area contributed by atoms with Crippen molar-refractivity contribution in [3.8, 4) is 11.1 Å². The lowest BCUT2D eigenvalue weighted by molar-refractivity contribution is 0.0747. The molecule has 0 aliphatic carbocycles. The Bertz CT molecular complexity index is 895. The van der Waals surface area contributed by atoms with Crippen molar-refractivity contribution in [1.82, 2.24) is 14.7 Å². The molecule has 4 rings (SSSR count). The number of amides is 1. The molecule has 0 N–H and O–H groups in total. The quantitative estimate of drug-likeness (QED) is 0.732. The number of aryl methyl sites for hydroxylation is 1. The van der Waals surface area contributed by atoms with Gasteiger partial charge in [0.1, 0.15) is 0 Å². The topological polar surface area (TPSA) is 41.4 Å². The average molecular weight is 346 g/mol. The van der Waals surface area contributed by atoms with Gasteiger partial charge in [0.25, 0.3) is 5.91 Å². The Labute approximate surface area is 153 Å². The molecule has 0 atom stereocenters. The average Bonchev–Trinajstić information content (AvgIpc) is 3.15. The summed E-state index contributed by atoms with van der Waals surface area (Å²) in [7, 11) is 1.93. The second-order valence-corrected chi connectivity index (χ2v) is 6.60. The molecule has 0 spiro atoms. The first kappa shape index (κ1) is 16.4. The standard InChI is InChI=1S/C21H22N4O/c1-23-16-19(15-22-23)18-8-5-9-20(14-18)24-10-12-25(13-11-24)21(26)17-6-3-2-4-7-17/h2-9,14-16H,10-13H2,1H3. The first-order chi connectivity index (χ1) is 12.7. The SMILES string of the molecule is Cn1cc(-c2cccc(N3CCN(C(=O)c4ccccc4)CC3)c2)cn1. The Hall–Kier alpha value is -3.08. The van der Waals surface area contributed by atoms with Crippen molar-refractivity contribution in [2.24, 2.45) is 7.05 Å². The Morgan fingerprint density at radius 3 is 2.38 bits per heavy atom. The van der Waals surface area contributed by atoms with E-state index in [4.69, 9.17) is 0 Å². The first-order valence-electron chi connectivity index (χ1n) is 8.89. The van der Waals surface area contributed by atoms with Crippen molar-refractivity contribution in [2.45, 2.75) is 0 Å². The lowest BCUT2D eigenvalue weighted by atomic mass is 10.1. The lowest BCUT2D eigenvalue weighted by Crippen LogP contribution is -2.48. The van der Waals surface area contributed by atoms with E-state index in [-0.39, 0.29) is 5.91 Å². The van der Waals surface area contributed by atoms with Crippen LogP contribution in [0.25, 0.3) is 11.1 Å². The zero-order chi connectivity index (χ0) is 17.9. The minimum atomic E-state index is 0.120. The van der Waals surface area contributed by atoms with Crippen LogP contribution in [-0.4, -0.2) is 46.8 Å². The van der Waals surface area contributed by atoms with E-state index in [1.165, 1.54) is 11.3 Å². The van der Waals surface area contributed by atoms with Gasteiger partial charge in [-0.05, 0) is 29.8 Å². The van der Waals surface area contributed by atoms with Crippen molar-refractivity contribution in [3.05, 3.63) is 72.6 Å².